The van der Waals surface area contributed by atoms with Crippen LogP contribution in [0.4, 0.5) is 0 Å². The highest BCUT2D eigenvalue weighted by atomic mass is 16.4. The second kappa shape index (κ2) is 5.85. The predicted molar refractivity (Wildman–Crippen MR) is 90.0 cm³/mol. The molecule has 0 radical (unpaired) electrons. The lowest BCUT2D eigenvalue weighted by atomic mass is 9.86. The van der Waals surface area contributed by atoms with Crippen molar-refractivity contribution in [3.8, 4) is 6.07 Å². The molecule has 1 aromatic carbocycles. The van der Waals surface area contributed by atoms with Gasteiger partial charge < -0.3 is 4.42 Å². The first-order valence-corrected chi connectivity index (χ1v) is 7.35. The Morgan fingerprint density at radius 3 is 2.43 bits per heavy atom. The van der Waals surface area contributed by atoms with E-state index in [0.29, 0.717) is 5.58 Å². The first kappa shape index (κ1) is 16.7. The number of carbonyl (C=O) groups excluding carboxylic acids is 1. The summed E-state index contributed by atoms with van der Waals surface area (Å²) in [4.78, 5) is 24.4. The molecule has 0 N–H and O–H groups in total. The average Bonchev–Trinajstić information content (AvgIpc) is 2.43. The van der Waals surface area contributed by atoms with Crippen LogP contribution in [-0.4, -0.2) is 5.78 Å². The summed E-state index contributed by atoms with van der Waals surface area (Å²) in [6.07, 6.45) is 1.32. The fraction of sp³-hybridized carbons (Fsp3) is 0.316. The molecule has 0 bridgehead atoms. The Bertz CT molecular complexity index is 918. The van der Waals surface area contributed by atoms with Gasteiger partial charge in [0, 0.05) is 10.8 Å². The molecule has 118 valence electrons. The Kier molecular flexibility index (Phi) is 4.24. The molecule has 0 aliphatic rings. The van der Waals surface area contributed by atoms with Gasteiger partial charge in [-0.15, -0.1) is 0 Å². The molecule has 0 saturated carbocycles. The van der Waals surface area contributed by atoms with Gasteiger partial charge in [-0.3, -0.25) is 4.79 Å². The van der Waals surface area contributed by atoms with Crippen molar-refractivity contribution in [2.45, 2.75) is 34.6 Å². The molecule has 2 aromatic rings. The predicted octanol–water partition coefficient (Wildman–Crippen LogP) is 3.93. The highest BCUT2D eigenvalue weighted by Gasteiger charge is 2.25. The van der Waals surface area contributed by atoms with Crippen molar-refractivity contribution in [1.29, 1.82) is 5.26 Å². The van der Waals surface area contributed by atoms with Gasteiger partial charge in [-0.25, -0.2) is 4.79 Å². The van der Waals surface area contributed by atoms with Crippen molar-refractivity contribution in [2.24, 2.45) is 5.41 Å². The van der Waals surface area contributed by atoms with Crippen LogP contribution in [-0.2, 0) is 4.79 Å². The molecule has 0 spiro atoms. The molecule has 0 saturated heterocycles. The number of hydrogen-bond acceptors (Lipinski definition) is 4. The number of aryl methyl sites for hydroxylation is 2. The zero-order chi connectivity index (χ0) is 17.4. The first-order valence-electron chi connectivity index (χ1n) is 7.35. The number of carbonyl (C=O) groups is 1. The van der Waals surface area contributed by atoms with Gasteiger partial charge in [0.2, 0.25) is 0 Å². The van der Waals surface area contributed by atoms with E-state index < -0.39 is 11.0 Å². The monoisotopic (exact) mass is 309 g/mol. The third-order valence-electron chi connectivity index (χ3n) is 3.58. The standard InChI is InChI=1S/C19H19NO3/c1-11-6-12(2)15-9-13(18(22)23-16(15)7-11)8-14(10-20)17(21)19(3,4)5/h6-9H,1-5H3. The van der Waals surface area contributed by atoms with E-state index in [9.17, 15) is 14.9 Å². The zero-order valence-electron chi connectivity index (χ0n) is 14.0. The molecule has 0 unspecified atom stereocenters. The number of Topliss-reactive ketones (excluding diaryl/α,β-unsaturated/α-hetero) is 1. The van der Waals surface area contributed by atoms with Crippen LogP contribution in [0, 0.1) is 30.6 Å². The summed E-state index contributed by atoms with van der Waals surface area (Å²) in [5.41, 5.74) is 1.39. The number of nitriles is 1. The molecule has 4 nitrogen and oxygen atoms in total. The second-order valence-electron chi connectivity index (χ2n) is 6.73. The minimum atomic E-state index is -0.689. The summed E-state index contributed by atoms with van der Waals surface area (Å²) >= 11 is 0. The summed E-state index contributed by atoms with van der Waals surface area (Å²) in [6, 6.07) is 7.34. The molecular weight excluding hydrogens is 290 g/mol. The average molecular weight is 309 g/mol. The maximum atomic E-state index is 12.3. The maximum absolute atomic E-state index is 12.3. The minimum Gasteiger partial charge on any atom is -0.422 e. The third kappa shape index (κ3) is 3.40. The molecule has 0 aliphatic carbocycles. The quantitative estimate of drug-likeness (QED) is 0.478. The fourth-order valence-electron chi connectivity index (χ4n) is 2.39. The zero-order valence-corrected chi connectivity index (χ0v) is 14.0. The molecule has 2 rings (SSSR count). The molecule has 0 amide bonds. The lowest BCUT2D eigenvalue weighted by Gasteiger charge is -2.15. The van der Waals surface area contributed by atoms with E-state index in [1.54, 1.807) is 32.9 Å². The number of hydrogen-bond donors (Lipinski definition) is 0. The van der Waals surface area contributed by atoms with Crippen molar-refractivity contribution < 1.29 is 9.21 Å². The van der Waals surface area contributed by atoms with E-state index in [2.05, 4.69) is 0 Å². The largest absolute Gasteiger partial charge is 0.422 e. The van der Waals surface area contributed by atoms with Gasteiger partial charge in [-0.05, 0) is 43.2 Å². The molecule has 0 aliphatic heterocycles. The van der Waals surface area contributed by atoms with Crippen LogP contribution in [0.25, 0.3) is 17.0 Å². The SMILES string of the molecule is Cc1cc(C)c2cc(C=C(C#N)C(=O)C(C)(C)C)c(=O)oc2c1. The Balaban J connectivity index is 2.67. The Morgan fingerprint density at radius 1 is 1.22 bits per heavy atom. The molecule has 0 fully saturated rings. The summed E-state index contributed by atoms with van der Waals surface area (Å²) in [6.45, 7) is 9.05. The van der Waals surface area contributed by atoms with Crippen molar-refractivity contribution in [3.63, 3.8) is 0 Å². The topological polar surface area (TPSA) is 71.1 Å². The van der Waals surface area contributed by atoms with Gasteiger partial charge in [0.1, 0.15) is 11.7 Å². The fourth-order valence-corrected chi connectivity index (χ4v) is 2.39. The van der Waals surface area contributed by atoms with Crippen molar-refractivity contribution in [1.82, 2.24) is 0 Å². The minimum absolute atomic E-state index is 0.0473. The van der Waals surface area contributed by atoms with E-state index in [1.165, 1.54) is 6.08 Å². The third-order valence-corrected chi connectivity index (χ3v) is 3.58. The van der Waals surface area contributed by atoms with Crippen LogP contribution in [0.1, 0.15) is 37.5 Å². The van der Waals surface area contributed by atoms with E-state index in [1.807, 2.05) is 26.0 Å². The Hall–Kier alpha value is -2.67. The molecule has 1 aromatic heterocycles. The molecular formula is C19H19NO3. The Morgan fingerprint density at radius 2 is 1.87 bits per heavy atom. The van der Waals surface area contributed by atoms with Gasteiger partial charge in [0.15, 0.2) is 5.78 Å². The van der Waals surface area contributed by atoms with Gasteiger partial charge in [0.25, 0.3) is 0 Å². The van der Waals surface area contributed by atoms with E-state index in [0.717, 1.165) is 16.5 Å². The molecule has 4 heteroatoms. The number of benzene rings is 1. The van der Waals surface area contributed by atoms with Gasteiger partial charge in [0.05, 0.1) is 11.1 Å². The number of allylic oxidation sites excluding steroid dienone is 1. The highest BCUT2D eigenvalue weighted by molar-refractivity contribution is 6.06. The number of rotatable bonds is 2. The van der Waals surface area contributed by atoms with Crippen LogP contribution in [0.15, 0.2) is 33.0 Å². The summed E-state index contributed by atoms with van der Waals surface area (Å²) in [5, 5.41) is 10.0. The summed E-state index contributed by atoms with van der Waals surface area (Å²) in [5.74, 6) is -0.305. The number of nitrogens with zero attached hydrogens (tertiary/aromatic N) is 1. The second-order valence-corrected chi connectivity index (χ2v) is 6.73. The molecule has 23 heavy (non-hydrogen) atoms. The highest BCUT2D eigenvalue weighted by Crippen LogP contribution is 2.23. The molecule has 1 heterocycles. The van der Waals surface area contributed by atoms with Gasteiger partial charge in [-0.2, -0.15) is 5.26 Å². The lowest BCUT2D eigenvalue weighted by molar-refractivity contribution is -0.121. The van der Waals surface area contributed by atoms with Crippen LogP contribution in [0.3, 0.4) is 0 Å². The first-order chi connectivity index (χ1) is 10.6. The van der Waals surface area contributed by atoms with Crippen molar-refractivity contribution >= 4 is 22.8 Å². The smallest absolute Gasteiger partial charge is 0.343 e. The molecule has 0 atom stereocenters. The summed E-state index contributed by atoms with van der Waals surface area (Å²) in [7, 11) is 0. The van der Waals surface area contributed by atoms with Crippen LogP contribution in [0.2, 0.25) is 0 Å². The van der Waals surface area contributed by atoms with E-state index >= 15 is 0 Å². The van der Waals surface area contributed by atoms with Crippen LogP contribution >= 0.6 is 0 Å². The lowest BCUT2D eigenvalue weighted by Crippen LogP contribution is -2.21. The van der Waals surface area contributed by atoms with Gasteiger partial charge >= 0.3 is 5.63 Å². The normalized spacial score (nSPS) is 12.3. The Labute approximate surface area is 135 Å². The van der Waals surface area contributed by atoms with E-state index in [-0.39, 0.29) is 16.9 Å². The summed E-state index contributed by atoms with van der Waals surface area (Å²) < 4.78 is 5.34. The maximum Gasteiger partial charge on any atom is 0.343 e. The van der Waals surface area contributed by atoms with Crippen LogP contribution in [0.5, 0.6) is 0 Å². The number of ketones is 1. The number of fused-ring (bicyclic) bond motifs is 1. The van der Waals surface area contributed by atoms with E-state index in [4.69, 9.17) is 4.42 Å². The van der Waals surface area contributed by atoms with Crippen LogP contribution < -0.4 is 5.63 Å². The van der Waals surface area contributed by atoms with Gasteiger partial charge in [-0.1, -0.05) is 26.8 Å². The van der Waals surface area contributed by atoms with Crippen molar-refractivity contribution in [3.05, 3.63) is 50.9 Å². The van der Waals surface area contributed by atoms with Crippen molar-refractivity contribution in [2.75, 3.05) is 0 Å².